The largest absolute Gasteiger partial charge is 0.438 e. The highest BCUT2D eigenvalue weighted by Crippen LogP contribution is 2.32. The third-order valence-electron chi connectivity index (χ3n) is 4.86. The fourth-order valence-corrected chi connectivity index (χ4v) is 4.33. The van der Waals surface area contributed by atoms with Crippen molar-refractivity contribution < 1.29 is 9.32 Å². The molecule has 1 N–H and O–H groups in total. The van der Waals surface area contributed by atoms with Crippen LogP contribution in [0.3, 0.4) is 0 Å². The van der Waals surface area contributed by atoms with Crippen molar-refractivity contribution in [3.05, 3.63) is 86.9 Å². The van der Waals surface area contributed by atoms with Gasteiger partial charge in [0, 0.05) is 35.4 Å². The summed E-state index contributed by atoms with van der Waals surface area (Å²) < 4.78 is 4.60. The molecule has 9 heteroatoms. The molecule has 0 saturated carbocycles. The molecule has 0 fully saturated rings. The molecule has 4 aromatic rings. The summed E-state index contributed by atoms with van der Waals surface area (Å²) in [6, 6.07) is 17.1. The van der Waals surface area contributed by atoms with Crippen LogP contribution in [0.5, 0.6) is 0 Å². The molecule has 4 rings (SSSR count). The lowest BCUT2D eigenvalue weighted by Gasteiger charge is -2.21. The minimum Gasteiger partial charge on any atom is -0.296 e. The molecule has 0 saturated heterocycles. The normalized spacial score (nSPS) is 11.9. The number of aromatic nitrogens is 3. The van der Waals surface area contributed by atoms with Gasteiger partial charge in [-0.1, -0.05) is 65.3 Å². The molecule has 0 aliphatic rings. The Kier molecular flexibility index (Phi) is 6.29. The van der Waals surface area contributed by atoms with E-state index in [1.807, 2.05) is 53.9 Å². The minimum absolute atomic E-state index is 0.132. The van der Waals surface area contributed by atoms with Crippen LogP contribution in [0.2, 0.25) is 5.02 Å². The lowest BCUT2D eigenvalue weighted by atomic mass is 9.94. The molecule has 158 valence electrons. The molecule has 0 aliphatic heterocycles. The van der Waals surface area contributed by atoms with Crippen molar-refractivity contribution in [3.63, 3.8) is 0 Å². The van der Waals surface area contributed by atoms with Crippen molar-refractivity contribution in [1.82, 2.24) is 15.1 Å². The van der Waals surface area contributed by atoms with Crippen LogP contribution in [0.1, 0.15) is 11.4 Å². The zero-order chi connectivity index (χ0) is 21.8. The summed E-state index contributed by atoms with van der Waals surface area (Å²) >= 11 is 7.65. The first kappa shape index (κ1) is 21.0. The number of hydrogen-bond donors (Lipinski definition) is 1. The predicted octanol–water partition coefficient (Wildman–Crippen LogP) is 4.20. The highest BCUT2D eigenvalue weighted by atomic mass is 35.5. The highest BCUT2D eigenvalue weighted by molar-refractivity contribution is 7.14. The van der Waals surface area contributed by atoms with Gasteiger partial charge in [0.05, 0.1) is 5.69 Å². The number of nitrogens with zero attached hydrogens (tertiary/aromatic N) is 3. The van der Waals surface area contributed by atoms with Gasteiger partial charge in [-0.15, -0.1) is 11.3 Å². The third-order valence-corrected chi connectivity index (χ3v) is 6.11. The van der Waals surface area contributed by atoms with Crippen LogP contribution in [0.4, 0.5) is 5.13 Å². The van der Waals surface area contributed by atoms with E-state index in [-0.39, 0.29) is 12.3 Å². The smallest absolute Gasteiger partial charge is 0.296 e. The third kappa shape index (κ3) is 4.92. The lowest BCUT2D eigenvalue weighted by molar-refractivity contribution is -0.122. The summed E-state index contributed by atoms with van der Waals surface area (Å²) in [5, 5.41) is 6.76. The maximum Gasteiger partial charge on any atom is 0.438 e. The van der Waals surface area contributed by atoms with E-state index < -0.39 is 11.7 Å². The molecule has 0 unspecified atom stereocenters. The molecule has 0 radical (unpaired) electrons. The fraction of sp³-hybridized carbons (Fsp3) is 0.182. The number of nitrogens with one attached hydrogen (secondary N) is 1. The molecule has 0 aliphatic carbocycles. The van der Waals surface area contributed by atoms with Gasteiger partial charge in [0.2, 0.25) is 5.91 Å². The van der Waals surface area contributed by atoms with Gasteiger partial charge in [-0.2, -0.15) is 0 Å². The SMILES string of the molecule is CN(C(=O)[C@H](Cc1ccccc1)Cc1noc(=O)[nH]1)c1nc(-c2ccccc2Cl)cs1. The van der Waals surface area contributed by atoms with Crippen LogP contribution >= 0.6 is 22.9 Å². The molecule has 2 aromatic heterocycles. The first-order chi connectivity index (χ1) is 15.0. The number of aromatic amines is 1. The fourth-order valence-electron chi connectivity index (χ4n) is 3.31. The van der Waals surface area contributed by atoms with Crippen molar-refractivity contribution in [2.75, 3.05) is 11.9 Å². The van der Waals surface area contributed by atoms with E-state index in [1.165, 1.54) is 16.2 Å². The quantitative estimate of drug-likeness (QED) is 0.451. The van der Waals surface area contributed by atoms with Crippen LogP contribution < -0.4 is 10.7 Å². The number of rotatable bonds is 7. The number of carbonyl (C=O) groups excluding carboxylic acids is 1. The molecule has 2 heterocycles. The lowest BCUT2D eigenvalue weighted by Crippen LogP contribution is -2.35. The Labute approximate surface area is 187 Å². The number of H-pyrrole nitrogens is 1. The molecular formula is C22H19ClN4O3S. The van der Waals surface area contributed by atoms with Crippen LogP contribution in [0.25, 0.3) is 11.3 Å². The number of benzene rings is 2. The van der Waals surface area contributed by atoms with Gasteiger partial charge in [-0.05, 0) is 18.1 Å². The van der Waals surface area contributed by atoms with Gasteiger partial charge in [-0.25, -0.2) is 9.78 Å². The molecule has 7 nitrogen and oxygen atoms in total. The molecule has 0 spiro atoms. The Hall–Kier alpha value is -3.23. The topological polar surface area (TPSA) is 92.1 Å². The van der Waals surface area contributed by atoms with E-state index in [9.17, 15) is 9.59 Å². The van der Waals surface area contributed by atoms with E-state index in [0.717, 1.165) is 11.1 Å². The van der Waals surface area contributed by atoms with E-state index in [4.69, 9.17) is 11.6 Å². The standard InChI is InChI=1S/C22H19ClN4O3S/c1-27(21-24-18(13-31-21)16-9-5-6-10-17(16)23)20(28)15(11-14-7-3-2-4-8-14)12-19-25-22(29)30-26-19/h2-10,13,15H,11-12H2,1H3,(H,25,26,29)/t15-/m1/s1. The van der Waals surface area contributed by atoms with Gasteiger partial charge in [0.1, 0.15) is 0 Å². The van der Waals surface area contributed by atoms with Gasteiger partial charge in [0.15, 0.2) is 11.0 Å². The first-order valence-electron chi connectivity index (χ1n) is 9.58. The van der Waals surface area contributed by atoms with Crippen molar-refractivity contribution in [3.8, 4) is 11.3 Å². The van der Waals surface area contributed by atoms with Crippen LogP contribution in [0.15, 0.2) is 69.3 Å². The molecule has 31 heavy (non-hydrogen) atoms. The van der Waals surface area contributed by atoms with Crippen molar-refractivity contribution in [2.45, 2.75) is 12.8 Å². The average molecular weight is 455 g/mol. The van der Waals surface area contributed by atoms with Crippen molar-refractivity contribution in [2.24, 2.45) is 5.92 Å². The first-order valence-corrected chi connectivity index (χ1v) is 10.8. The van der Waals surface area contributed by atoms with E-state index in [1.54, 1.807) is 13.1 Å². The molecular weight excluding hydrogens is 436 g/mol. The highest BCUT2D eigenvalue weighted by Gasteiger charge is 2.27. The summed E-state index contributed by atoms with van der Waals surface area (Å²) in [5.74, 6) is -0.893. The van der Waals surface area contributed by atoms with Gasteiger partial charge in [0.25, 0.3) is 0 Å². The second-order valence-electron chi connectivity index (χ2n) is 7.02. The predicted molar refractivity (Wildman–Crippen MR) is 120 cm³/mol. The second-order valence-corrected chi connectivity index (χ2v) is 8.27. The van der Waals surface area contributed by atoms with Crippen LogP contribution in [0, 0.1) is 5.92 Å². The van der Waals surface area contributed by atoms with E-state index >= 15 is 0 Å². The molecule has 2 aromatic carbocycles. The van der Waals surface area contributed by atoms with Gasteiger partial charge in [-0.3, -0.25) is 19.2 Å². The summed E-state index contributed by atoms with van der Waals surface area (Å²) in [6.45, 7) is 0. The van der Waals surface area contributed by atoms with Gasteiger partial charge < -0.3 is 0 Å². The number of amides is 1. The molecule has 1 amide bonds. The number of thiazole rings is 1. The number of carbonyl (C=O) groups is 1. The van der Waals surface area contributed by atoms with Crippen LogP contribution in [-0.4, -0.2) is 28.1 Å². The monoisotopic (exact) mass is 454 g/mol. The number of hydrogen-bond acceptors (Lipinski definition) is 6. The Balaban J connectivity index is 1.58. The summed E-state index contributed by atoms with van der Waals surface area (Å²) in [5.41, 5.74) is 2.54. The Morgan fingerprint density at radius 1 is 1.16 bits per heavy atom. The van der Waals surface area contributed by atoms with E-state index in [2.05, 4.69) is 19.6 Å². The second kappa shape index (κ2) is 9.28. The maximum atomic E-state index is 13.4. The zero-order valence-electron chi connectivity index (χ0n) is 16.6. The molecule has 1 atom stereocenters. The Morgan fingerprint density at radius 2 is 1.90 bits per heavy atom. The molecule has 0 bridgehead atoms. The average Bonchev–Trinajstić information content (AvgIpc) is 3.42. The maximum absolute atomic E-state index is 13.4. The Bertz CT molecular complexity index is 1230. The summed E-state index contributed by atoms with van der Waals surface area (Å²) in [4.78, 5) is 33.4. The summed E-state index contributed by atoms with van der Waals surface area (Å²) in [6.07, 6.45) is 0.730. The minimum atomic E-state index is -0.640. The van der Waals surface area contributed by atoms with Crippen molar-refractivity contribution in [1.29, 1.82) is 0 Å². The number of anilines is 1. The van der Waals surface area contributed by atoms with E-state index in [0.29, 0.717) is 28.1 Å². The van der Waals surface area contributed by atoms with Crippen molar-refractivity contribution >= 4 is 34.0 Å². The Morgan fingerprint density at radius 3 is 2.61 bits per heavy atom. The number of halogens is 1. The van der Waals surface area contributed by atoms with Gasteiger partial charge >= 0.3 is 5.76 Å². The zero-order valence-corrected chi connectivity index (χ0v) is 18.2. The summed E-state index contributed by atoms with van der Waals surface area (Å²) in [7, 11) is 1.70. The van der Waals surface area contributed by atoms with Crippen LogP contribution in [-0.2, 0) is 17.6 Å².